The van der Waals surface area contributed by atoms with E-state index in [0.29, 0.717) is 5.57 Å². The third-order valence-electron chi connectivity index (χ3n) is 3.94. The first kappa shape index (κ1) is 16.4. The van der Waals surface area contributed by atoms with Gasteiger partial charge in [-0.25, -0.2) is 4.89 Å². The molecule has 0 aromatic heterocycles. The first-order chi connectivity index (χ1) is 8.86. The summed E-state index contributed by atoms with van der Waals surface area (Å²) in [6.07, 6.45) is 1.42. The second kappa shape index (κ2) is 7.20. The van der Waals surface area contributed by atoms with E-state index in [1.54, 1.807) is 0 Å². The molecule has 1 aliphatic rings. The van der Waals surface area contributed by atoms with Gasteiger partial charge >= 0.3 is 0 Å². The second-order valence-electron chi connectivity index (χ2n) is 5.91. The monoisotopic (exact) mass is 270 g/mol. The fourth-order valence-electron chi connectivity index (χ4n) is 2.75. The van der Waals surface area contributed by atoms with Crippen LogP contribution in [0.25, 0.3) is 0 Å². The standard InChI is InChI=1S/C15H26O4/c1-9(2)13-6-5-10(3)7-12(16)8-11(4)15(19-18)14(13)17/h7,9,12-18H,4-6,8H2,1-3H3/b10-7+/t12-,13-,14+,15+/m0/s1. The summed E-state index contributed by atoms with van der Waals surface area (Å²) < 4.78 is 0. The van der Waals surface area contributed by atoms with Gasteiger partial charge in [0.1, 0.15) is 6.10 Å². The maximum Gasteiger partial charge on any atom is 0.140 e. The number of aliphatic hydroxyl groups excluding tert-OH is 2. The fourth-order valence-corrected chi connectivity index (χ4v) is 2.75. The van der Waals surface area contributed by atoms with Crippen LogP contribution >= 0.6 is 0 Å². The topological polar surface area (TPSA) is 69.9 Å². The van der Waals surface area contributed by atoms with Crippen LogP contribution in [-0.2, 0) is 4.89 Å². The largest absolute Gasteiger partial charge is 0.390 e. The molecule has 0 saturated carbocycles. The van der Waals surface area contributed by atoms with Gasteiger partial charge in [0.15, 0.2) is 0 Å². The lowest BCUT2D eigenvalue weighted by molar-refractivity contribution is -0.292. The maximum atomic E-state index is 10.4. The second-order valence-corrected chi connectivity index (χ2v) is 5.91. The van der Waals surface area contributed by atoms with E-state index in [0.717, 1.165) is 18.4 Å². The molecule has 0 aromatic carbocycles. The van der Waals surface area contributed by atoms with Crippen LogP contribution in [0.4, 0.5) is 0 Å². The number of allylic oxidation sites excluding steroid dienone is 1. The van der Waals surface area contributed by atoms with Crippen molar-refractivity contribution in [2.24, 2.45) is 11.8 Å². The molecule has 0 aromatic rings. The Morgan fingerprint density at radius 1 is 1.37 bits per heavy atom. The highest BCUT2D eigenvalue weighted by Gasteiger charge is 2.33. The zero-order valence-electron chi connectivity index (χ0n) is 12.0. The highest BCUT2D eigenvalue weighted by Crippen LogP contribution is 2.30. The summed E-state index contributed by atoms with van der Waals surface area (Å²) in [5.41, 5.74) is 1.63. The Labute approximate surface area is 115 Å². The summed E-state index contributed by atoms with van der Waals surface area (Å²) >= 11 is 0. The molecule has 0 saturated heterocycles. The fraction of sp³-hybridized carbons (Fsp3) is 0.733. The molecule has 4 atom stereocenters. The summed E-state index contributed by atoms with van der Waals surface area (Å²) in [7, 11) is 0. The zero-order valence-corrected chi connectivity index (χ0v) is 12.0. The average Bonchev–Trinajstić information content (AvgIpc) is 2.28. The molecule has 0 aliphatic heterocycles. The van der Waals surface area contributed by atoms with E-state index in [1.165, 1.54) is 0 Å². The Hall–Kier alpha value is -0.680. The maximum absolute atomic E-state index is 10.4. The molecule has 0 amide bonds. The van der Waals surface area contributed by atoms with Crippen LogP contribution in [0.5, 0.6) is 0 Å². The molecule has 19 heavy (non-hydrogen) atoms. The van der Waals surface area contributed by atoms with E-state index in [1.807, 2.05) is 26.8 Å². The molecular formula is C15H26O4. The minimum atomic E-state index is -0.839. The average molecular weight is 270 g/mol. The quantitative estimate of drug-likeness (QED) is 0.410. The van der Waals surface area contributed by atoms with Crippen molar-refractivity contribution in [2.45, 2.75) is 58.3 Å². The molecule has 0 unspecified atom stereocenters. The first-order valence-electron chi connectivity index (χ1n) is 6.88. The van der Waals surface area contributed by atoms with Gasteiger partial charge < -0.3 is 10.2 Å². The summed E-state index contributed by atoms with van der Waals surface area (Å²) in [6.45, 7) is 9.90. The van der Waals surface area contributed by atoms with Gasteiger partial charge in [0.05, 0.1) is 12.2 Å². The lowest BCUT2D eigenvalue weighted by Gasteiger charge is -2.33. The number of hydrogen-bond donors (Lipinski definition) is 3. The molecule has 0 radical (unpaired) electrons. The minimum Gasteiger partial charge on any atom is -0.390 e. The predicted octanol–water partition coefficient (Wildman–Crippen LogP) is 2.53. The molecule has 0 spiro atoms. The van der Waals surface area contributed by atoms with Crippen LogP contribution in [-0.4, -0.2) is 33.8 Å². The molecule has 0 bridgehead atoms. The number of aliphatic hydroxyl groups is 2. The summed E-state index contributed by atoms with van der Waals surface area (Å²) in [4.78, 5) is 4.42. The third kappa shape index (κ3) is 4.42. The Bertz CT molecular complexity index is 335. The van der Waals surface area contributed by atoms with Gasteiger partial charge in [-0.15, -0.1) is 0 Å². The Balaban J connectivity index is 3.01. The molecule has 4 nitrogen and oxygen atoms in total. The van der Waals surface area contributed by atoms with Crippen LogP contribution in [0.3, 0.4) is 0 Å². The van der Waals surface area contributed by atoms with Crippen molar-refractivity contribution >= 4 is 0 Å². The van der Waals surface area contributed by atoms with E-state index < -0.39 is 18.3 Å². The molecule has 0 fully saturated rings. The normalized spacial score (nSPS) is 37.0. The summed E-state index contributed by atoms with van der Waals surface area (Å²) in [6, 6.07) is 0. The van der Waals surface area contributed by atoms with Crippen molar-refractivity contribution in [1.29, 1.82) is 0 Å². The molecule has 4 heteroatoms. The van der Waals surface area contributed by atoms with Crippen LogP contribution < -0.4 is 0 Å². The molecule has 1 rings (SSSR count). The van der Waals surface area contributed by atoms with E-state index in [2.05, 4.69) is 11.5 Å². The van der Waals surface area contributed by atoms with Crippen LogP contribution in [0.1, 0.15) is 40.0 Å². The van der Waals surface area contributed by atoms with Gasteiger partial charge in [-0.2, -0.15) is 0 Å². The molecule has 1 aliphatic carbocycles. The Morgan fingerprint density at radius 3 is 2.53 bits per heavy atom. The van der Waals surface area contributed by atoms with Gasteiger partial charge in [0.2, 0.25) is 0 Å². The summed E-state index contributed by atoms with van der Waals surface area (Å²) in [5.74, 6) is 0.296. The molecule has 0 heterocycles. The Morgan fingerprint density at radius 2 is 2.00 bits per heavy atom. The number of hydrogen-bond acceptors (Lipinski definition) is 4. The lowest BCUT2D eigenvalue weighted by Crippen LogP contribution is -2.39. The van der Waals surface area contributed by atoms with Crippen molar-refractivity contribution < 1.29 is 20.4 Å². The van der Waals surface area contributed by atoms with Crippen molar-refractivity contribution in [1.82, 2.24) is 0 Å². The predicted molar refractivity (Wildman–Crippen MR) is 74.6 cm³/mol. The molecule has 110 valence electrons. The molecular weight excluding hydrogens is 244 g/mol. The number of rotatable bonds is 2. The highest BCUT2D eigenvalue weighted by atomic mass is 17.1. The zero-order chi connectivity index (χ0) is 14.6. The molecule has 3 N–H and O–H groups in total. The van der Waals surface area contributed by atoms with E-state index in [4.69, 9.17) is 5.26 Å². The van der Waals surface area contributed by atoms with Crippen molar-refractivity contribution in [2.75, 3.05) is 0 Å². The lowest BCUT2D eigenvalue weighted by atomic mass is 9.80. The van der Waals surface area contributed by atoms with Gasteiger partial charge in [-0.1, -0.05) is 32.1 Å². The van der Waals surface area contributed by atoms with Gasteiger partial charge in [0.25, 0.3) is 0 Å². The van der Waals surface area contributed by atoms with Crippen molar-refractivity contribution in [3.8, 4) is 0 Å². The van der Waals surface area contributed by atoms with Crippen LogP contribution in [0, 0.1) is 11.8 Å². The SMILES string of the molecule is C=C1C[C@@H](O)/C=C(\C)CC[C@@H](C(C)C)[C@@H](O)[C@@H]1OO. The highest BCUT2D eigenvalue weighted by molar-refractivity contribution is 5.13. The first-order valence-corrected chi connectivity index (χ1v) is 6.88. The van der Waals surface area contributed by atoms with Crippen molar-refractivity contribution in [3.63, 3.8) is 0 Å². The summed E-state index contributed by atoms with van der Waals surface area (Å²) in [5, 5.41) is 29.3. The van der Waals surface area contributed by atoms with Crippen molar-refractivity contribution in [3.05, 3.63) is 23.8 Å². The van der Waals surface area contributed by atoms with Gasteiger partial charge in [-0.05, 0) is 37.2 Å². The third-order valence-corrected chi connectivity index (χ3v) is 3.94. The van der Waals surface area contributed by atoms with Crippen LogP contribution in [0.15, 0.2) is 23.8 Å². The van der Waals surface area contributed by atoms with Crippen LogP contribution in [0.2, 0.25) is 0 Å². The van der Waals surface area contributed by atoms with Gasteiger partial charge in [-0.3, -0.25) is 5.26 Å². The van der Waals surface area contributed by atoms with Gasteiger partial charge in [0, 0.05) is 6.42 Å². The Kier molecular flexibility index (Phi) is 6.20. The van der Waals surface area contributed by atoms with E-state index in [-0.39, 0.29) is 18.3 Å². The smallest absolute Gasteiger partial charge is 0.140 e. The van der Waals surface area contributed by atoms with E-state index in [9.17, 15) is 10.2 Å². The van der Waals surface area contributed by atoms with E-state index >= 15 is 0 Å². The minimum absolute atomic E-state index is 0.0208.